The Morgan fingerprint density at radius 2 is 1.71 bits per heavy atom. The van der Waals surface area contributed by atoms with Crippen LogP contribution >= 0.6 is 0 Å². The van der Waals surface area contributed by atoms with E-state index in [1.54, 1.807) is 0 Å². The average molecular weight is 377 g/mol. The summed E-state index contributed by atoms with van der Waals surface area (Å²) in [6.45, 7) is 5.33. The Bertz CT molecular complexity index is 850. The summed E-state index contributed by atoms with van der Waals surface area (Å²) < 4.78 is 0. The standard InChI is InChI=1S/C26H36N2/c1-25-15-6-5-7-17(25)10-11-18-19-12-13-21(26(19,2)16-14-20(18)25)24-27-22-8-3-4-9-23(22)28-24/h3-4,8-9,17-21H,5-7,10-16H2,1-2H3,(H,27,28)/t17?,18-,19-,20-,21?,25-,26-/m0/s1. The number of imidazole rings is 1. The maximum absolute atomic E-state index is 5.06. The summed E-state index contributed by atoms with van der Waals surface area (Å²) in [6, 6.07) is 8.58. The molecule has 0 radical (unpaired) electrons. The van der Waals surface area contributed by atoms with Crippen molar-refractivity contribution in [2.24, 2.45) is 34.5 Å². The fraction of sp³-hybridized carbons (Fsp3) is 0.731. The molecule has 0 saturated heterocycles. The van der Waals surface area contributed by atoms with Gasteiger partial charge in [0.05, 0.1) is 11.0 Å². The molecular formula is C26H36N2. The lowest BCUT2D eigenvalue weighted by Crippen LogP contribution is -2.52. The van der Waals surface area contributed by atoms with Crippen molar-refractivity contribution in [1.29, 1.82) is 0 Å². The highest BCUT2D eigenvalue weighted by molar-refractivity contribution is 5.74. The van der Waals surface area contributed by atoms with E-state index < -0.39 is 0 Å². The Hall–Kier alpha value is -1.31. The van der Waals surface area contributed by atoms with Gasteiger partial charge in [0.1, 0.15) is 5.82 Å². The molecule has 28 heavy (non-hydrogen) atoms. The Morgan fingerprint density at radius 1 is 0.857 bits per heavy atom. The van der Waals surface area contributed by atoms with Crippen molar-refractivity contribution in [3.8, 4) is 0 Å². The third-order valence-corrected chi connectivity index (χ3v) is 10.3. The number of nitrogens with one attached hydrogen (secondary N) is 1. The first kappa shape index (κ1) is 17.5. The Morgan fingerprint density at radius 3 is 2.61 bits per heavy atom. The zero-order valence-corrected chi connectivity index (χ0v) is 17.7. The van der Waals surface area contributed by atoms with E-state index in [1.807, 2.05) is 0 Å². The molecule has 150 valence electrons. The molecule has 4 aliphatic carbocycles. The molecule has 0 spiro atoms. The molecule has 4 aliphatic rings. The topological polar surface area (TPSA) is 28.7 Å². The van der Waals surface area contributed by atoms with Gasteiger partial charge in [-0.15, -0.1) is 0 Å². The molecule has 2 heteroatoms. The van der Waals surface area contributed by atoms with Crippen LogP contribution in [0.15, 0.2) is 24.3 Å². The van der Waals surface area contributed by atoms with Crippen molar-refractivity contribution < 1.29 is 0 Å². The first-order valence-corrected chi connectivity index (χ1v) is 12.0. The highest BCUT2D eigenvalue weighted by Gasteiger charge is 2.60. The number of hydrogen-bond donors (Lipinski definition) is 1. The van der Waals surface area contributed by atoms with Crippen LogP contribution in [0.25, 0.3) is 11.0 Å². The normalized spacial score (nSPS) is 45.4. The molecule has 1 heterocycles. The van der Waals surface area contributed by atoms with E-state index in [-0.39, 0.29) is 0 Å². The summed E-state index contributed by atoms with van der Waals surface area (Å²) in [5.74, 6) is 5.83. The molecule has 1 N–H and O–H groups in total. The van der Waals surface area contributed by atoms with E-state index in [1.165, 1.54) is 75.5 Å². The quantitative estimate of drug-likeness (QED) is 0.566. The summed E-state index contributed by atoms with van der Waals surface area (Å²) in [6.07, 6.45) is 14.7. The predicted molar refractivity (Wildman–Crippen MR) is 115 cm³/mol. The highest BCUT2D eigenvalue weighted by atomic mass is 14.9. The van der Waals surface area contributed by atoms with Crippen molar-refractivity contribution in [1.82, 2.24) is 9.97 Å². The minimum atomic E-state index is 0.451. The van der Waals surface area contributed by atoms with Crippen molar-refractivity contribution >= 4 is 11.0 Å². The van der Waals surface area contributed by atoms with Gasteiger partial charge in [-0.25, -0.2) is 4.98 Å². The van der Waals surface area contributed by atoms with Crippen LogP contribution in [-0.2, 0) is 0 Å². The number of aromatic nitrogens is 2. The third kappa shape index (κ3) is 2.30. The summed E-state index contributed by atoms with van der Waals surface area (Å²) in [5.41, 5.74) is 3.47. The lowest BCUT2D eigenvalue weighted by atomic mass is 9.45. The van der Waals surface area contributed by atoms with Crippen LogP contribution in [0.3, 0.4) is 0 Å². The maximum Gasteiger partial charge on any atom is 0.110 e. The smallest absolute Gasteiger partial charge is 0.110 e. The number of fused-ring (bicyclic) bond motifs is 6. The summed E-state index contributed by atoms with van der Waals surface area (Å²) in [5, 5.41) is 0. The molecule has 0 amide bonds. The van der Waals surface area contributed by atoms with Crippen LogP contribution in [0.1, 0.15) is 89.8 Å². The van der Waals surface area contributed by atoms with Crippen LogP contribution < -0.4 is 0 Å². The maximum atomic E-state index is 5.06. The van der Waals surface area contributed by atoms with Gasteiger partial charge in [0.15, 0.2) is 0 Å². The van der Waals surface area contributed by atoms with Crippen molar-refractivity contribution in [2.45, 2.75) is 84.0 Å². The summed E-state index contributed by atoms with van der Waals surface area (Å²) in [7, 11) is 0. The second-order valence-electron chi connectivity index (χ2n) is 11.2. The number of hydrogen-bond acceptors (Lipinski definition) is 1. The number of nitrogens with zero attached hydrogens (tertiary/aromatic N) is 1. The second-order valence-corrected chi connectivity index (χ2v) is 11.2. The van der Waals surface area contributed by atoms with E-state index in [9.17, 15) is 0 Å². The number of H-pyrrole nitrogens is 1. The van der Waals surface area contributed by atoms with Gasteiger partial charge in [-0.2, -0.15) is 0 Å². The lowest BCUT2D eigenvalue weighted by Gasteiger charge is -2.60. The summed E-state index contributed by atoms with van der Waals surface area (Å²) >= 11 is 0. The second kappa shape index (κ2) is 6.09. The van der Waals surface area contributed by atoms with Crippen molar-refractivity contribution in [2.75, 3.05) is 0 Å². The largest absolute Gasteiger partial charge is 0.342 e. The van der Waals surface area contributed by atoms with E-state index in [0.29, 0.717) is 16.7 Å². The van der Waals surface area contributed by atoms with E-state index in [4.69, 9.17) is 4.98 Å². The summed E-state index contributed by atoms with van der Waals surface area (Å²) in [4.78, 5) is 8.77. The van der Waals surface area contributed by atoms with Gasteiger partial charge in [-0.05, 0) is 98.0 Å². The fourth-order valence-electron chi connectivity index (χ4n) is 8.88. The van der Waals surface area contributed by atoms with E-state index >= 15 is 0 Å². The zero-order chi connectivity index (χ0) is 18.9. The van der Waals surface area contributed by atoms with Crippen LogP contribution in [0.4, 0.5) is 0 Å². The van der Waals surface area contributed by atoms with Crippen LogP contribution in [0.2, 0.25) is 0 Å². The third-order valence-electron chi connectivity index (χ3n) is 10.3. The van der Waals surface area contributed by atoms with Gasteiger partial charge >= 0.3 is 0 Å². The number of aromatic amines is 1. The SMILES string of the molecule is C[C@]12CCCCC1CC[C@@H]1[C@@H]2CC[C@]2(C)C(c3nc4ccccc4[nH]3)CC[C@@H]12. The Labute approximate surface area is 169 Å². The van der Waals surface area contributed by atoms with Gasteiger partial charge < -0.3 is 4.98 Å². The number of para-hydroxylation sites is 2. The van der Waals surface area contributed by atoms with Crippen LogP contribution in [0.5, 0.6) is 0 Å². The monoisotopic (exact) mass is 376 g/mol. The van der Waals surface area contributed by atoms with E-state index in [0.717, 1.165) is 29.2 Å². The van der Waals surface area contributed by atoms with Gasteiger partial charge in [-0.3, -0.25) is 0 Å². The molecule has 4 saturated carbocycles. The fourth-order valence-corrected chi connectivity index (χ4v) is 8.88. The molecule has 2 nitrogen and oxygen atoms in total. The minimum absolute atomic E-state index is 0.451. The molecule has 2 unspecified atom stereocenters. The van der Waals surface area contributed by atoms with Gasteiger partial charge in [0.25, 0.3) is 0 Å². The first-order chi connectivity index (χ1) is 13.6. The molecule has 2 aromatic rings. The van der Waals surface area contributed by atoms with Gasteiger partial charge in [-0.1, -0.05) is 38.8 Å². The molecule has 1 aromatic heterocycles. The first-order valence-electron chi connectivity index (χ1n) is 12.0. The number of benzene rings is 1. The molecule has 0 bridgehead atoms. The highest BCUT2D eigenvalue weighted by Crippen LogP contribution is 2.68. The van der Waals surface area contributed by atoms with Gasteiger partial charge in [0.2, 0.25) is 0 Å². The molecule has 1 aromatic carbocycles. The number of rotatable bonds is 1. The van der Waals surface area contributed by atoms with Crippen molar-refractivity contribution in [3.63, 3.8) is 0 Å². The minimum Gasteiger partial charge on any atom is -0.342 e. The molecule has 6 rings (SSSR count). The van der Waals surface area contributed by atoms with Crippen LogP contribution in [0, 0.1) is 34.5 Å². The molecular weight excluding hydrogens is 340 g/mol. The van der Waals surface area contributed by atoms with E-state index in [2.05, 4.69) is 43.1 Å². The predicted octanol–water partition coefficient (Wildman–Crippen LogP) is 7.08. The molecule has 0 aliphatic heterocycles. The zero-order valence-electron chi connectivity index (χ0n) is 17.7. The van der Waals surface area contributed by atoms with Gasteiger partial charge in [0, 0.05) is 5.92 Å². The average Bonchev–Trinajstić information content (AvgIpc) is 3.27. The molecule has 7 atom stereocenters. The Kier molecular flexibility index (Phi) is 3.82. The Balaban J connectivity index is 1.33. The molecule has 4 fully saturated rings. The lowest BCUT2D eigenvalue weighted by molar-refractivity contribution is -0.106. The van der Waals surface area contributed by atoms with Crippen LogP contribution in [-0.4, -0.2) is 9.97 Å². The van der Waals surface area contributed by atoms with Crippen molar-refractivity contribution in [3.05, 3.63) is 30.1 Å².